The second-order valence-electron chi connectivity index (χ2n) is 7.93. The van der Waals surface area contributed by atoms with Crippen molar-refractivity contribution >= 4 is 34.0 Å². The van der Waals surface area contributed by atoms with Crippen molar-refractivity contribution in [3.63, 3.8) is 0 Å². The summed E-state index contributed by atoms with van der Waals surface area (Å²) in [4.78, 5) is 20.8. The lowest BCUT2D eigenvalue weighted by atomic mass is 9.95. The van der Waals surface area contributed by atoms with E-state index in [1.165, 1.54) is 29.0 Å². The van der Waals surface area contributed by atoms with Crippen LogP contribution in [0.25, 0.3) is 5.65 Å². The van der Waals surface area contributed by atoms with Crippen LogP contribution in [0, 0.1) is 0 Å². The standard InChI is InChI=1S/C20H19ClF3N5O4S.C2H6/c1-19(4-6-34(31)7-5-19)27-17(30)16-26-15-3-2-13(10-29(15)28-16)33-18-14(8-12(21)9-25-18)32-11-20(22,23)24;1-2/h2-3,8-10H,4-7,11H2,1H3,(H,27,30);1-2H3. The van der Waals surface area contributed by atoms with Crippen LogP contribution in [0.1, 0.15) is 44.2 Å². The van der Waals surface area contributed by atoms with Gasteiger partial charge in [-0.3, -0.25) is 9.00 Å². The fourth-order valence-corrected chi connectivity index (χ4v) is 4.95. The summed E-state index contributed by atoms with van der Waals surface area (Å²) in [7, 11) is -0.865. The fourth-order valence-electron chi connectivity index (χ4n) is 3.24. The maximum atomic E-state index is 12.7. The number of aromatic nitrogens is 4. The highest BCUT2D eigenvalue weighted by molar-refractivity contribution is 7.85. The van der Waals surface area contributed by atoms with Gasteiger partial charge in [0.15, 0.2) is 18.0 Å². The minimum atomic E-state index is -4.55. The van der Waals surface area contributed by atoms with Gasteiger partial charge < -0.3 is 14.8 Å². The number of nitrogens with zero attached hydrogens (tertiary/aromatic N) is 4. The van der Waals surface area contributed by atoms with Crippen LogP contribution in [0.3, 0.4) is 0 Å². The molecule has 4 rings (SSSR count). The molecule has 36 heavy (non-hydrogen) atoms. The van der Waals surface area contributed by atoms with Crippen molar-refractivity contribution in [2.24, 2.45) is 0 Å². The lowest BCUT2D eigenvalue weighted by Crippen LogP contribution is -2.50. The monoisotopic (exact) mass is 547 g/mol. The van der Waals surface area contributed by atoms with Gasteiger partial charge in [0, 0.05) is 40.1 Å². The Morgan fingerprint density at radius 1 is 1.28 bits per heavy atom. The molecule has 0 bridgehead atoms. The molecule has 1 saturated heterocycles. The Morgan fingerprint density at radius 3 is 2.64 bits per heavy atom. The molecule has 1 fully saturated rings. The molecule has 9 nitrogen and oxygen atoms in total. The Kier molecular flexibility index (Phi) is 8.77. The van der Waals surface area contributed by atoms with Gasteiger partial charge >= 0.3 is 6.18 Å². The molecule has 1 aliphatic rings. The average molecular weight is 548 g/mol. The summed E-state index contributed by atoms with van der Waals surface area (Å²) in [5, 5.41) is 7.15. The predicted molar refractivity (Wildman–Crippen MR) is 128 cm³/mol. The number of rotatable bonds is 6. The maximum absolute atomic E-state index is 12.7. The topological polar surface area (TPSA) is 108 Å². The number of ether oxygens (including phenoxy) is 2. The molecule has 196 valence electrons. The van der Waals surface area contributed by atoms with Crippen LogP contribution in [0.5, 0.6) is 17.4 Å². The maximum Gasteiger partial charge on any atom is 0.422 e. The van der Waals surface area contributed by atoms with E-state index < -0.39 is 35.0 Å². The summed E-state index contributed by atoms with van der Waals surface area (Å²) >= 11 is 5.81. The molecule has 3 aromatic heterocycles. The van der Waals surface area contributed by atoms with Gasteiger partial charge in [0.25, 0.3) is 11.8 Å². The van der Waals surface area contributed by atoms with E-state index in [0.717, 1.165) is 6.07 Å². The third-order valence-corrected chi connectivity index (χ3v) is 6.60. The Bertz CT molecular complexity index is 1240. The summed E-state index contributed by atoms with van der Waals surface area (Å²) in [6.07, 6.45) is -0.779. The third kappa shape index (κ3) is 7.29. The van der Waals surface area contributed by atoms with Crippen LogP contribution >= 0.6 is 11.6 Å². The van der Waals surface area contributed by atoms with Crippen LogP contribution < -0.4 is 14.8 Å². The zero-order chi connectivity index (χ0) is 26.5. The molecule has 1 aliphatic heterocycles. The van der Waals surface area contributed by atoms with Crippen molar-refractivity contribution < 1.29 is 31.6 Å². The number of amides is 1. The van der Waals surface area contributed by atoms with Crippen LogP contribution in [0.2, 0.25) is 5.02 Å². The number of carbonyl (C=O) groups is 1. The Hall–Kier alpha value is -2.93. The molecule has 1 N–H and O–H groups in total. The van der Waals surface area contributed by atoms with Gasteiger partial charge in [-0.1, -0.05) is 25.4 Å². The molecule has 0 saturated carbocycles. The van der Waals surface area contributed by atoms with Gasteiger partial charge in [-0.25, -0.2) is 14.5 Å². The van der Waals surface area contributed by atoms with Gasteiger partial charge in [0.2, 0.25) is 5.82 Å². The molecule has 3 aromatic rings. The first kappa shape index (κ1) is 27.7. The van der Waals surface area contributed by atoms with Gasteiger partial charge in [-0.2, -0.15) is 13.2 Å². The summed E-state index contributed by atoms with van der Waals surface area (Å²) in [5.41, 5.74) is -0.144. The van der Waals surface area contributed by atoms with Crippen molar-refractivity contribution in [3.8, 4) is 17.4 Å². The molecule has 0 aliphatic carbocycles. The van der Waals surface area contributed by atoms with Crippen LogP contribution in [0.15, 0.2) is 30.6 Å². The minimum Gasteiger partial charge on any atom is -0.478 e. The minimum absolute atomic E-state index is 0.0658. The summed E-state index contributed by atoms with van der Waals surface area (Å²) < 4.78 is 60.9. The van der Waals surface area contributed by atoms with E-state index >= 15 is 0 Å². The lowest BCUT2D eigenvalue weighted by Gasteiger charge is -2.33. The second-order valence-corrected chi connectivity index (χ2v) is 10.1. The lowest BCUT2D eigenvalue weighted by molar-refractivity contribution is -0.153. The van der Waals surface area contributed by atoms with Gasteiger partial charge in [0.05, 0.1) is 11.2 Å². The van der Waals surface area contributed by atoms with E-state index in [-0.39, 0.29) is 28.2 Å². The first-order chi connectivity index (χ1) is 17.0. The van der Waals surface area contributed by atoms with Crippen molar-refractivity contribution in [1.82, 2.24) is 24.9 Å². The summed E-state index contributed by atoms with van der Waals surface area (Å²) in [5.74, 6) is 0.150. The summed E-state index contributed by atoms with van der Waals surface area (Å²) in [6, 6.07) is 4.18. The molecule has 0 atom stereocenters. The van der Waals surface area contributed by atoms with Gasteiger partial charge in [-0.05, 0) is 31.9 Å². The number of hydrogen-bond acceptors (Lipinski definition) is 7. The van der Waals surface area contributed by atoms with E-state index in [0.29, 0.717) is 30.0 Å². The molecule has 0 radical (unpaired) electrons. The first-order valence-corrected chi connectivity index (χ1v) is 12.9. The van der Waals surface area contributed by atoms with E-state index in [9.17, 15) is 22.2 Å². The highest BCUT2D eigenvalue weighted by Gasteiger charge is 2.32. The largest absolute Gasteiger partial charge is 0.478 e. The van der Waals surface area contributed by atoms with E-state index in [1.54, 1.807) is 0 Å². The molecule has 1 amide bonds. The fraction of sp³-hybridized carbons (Fsp3) is 0.455. The second kappa shape index (κ2) is 11.4. The molecule has 14 heteroatoms. The van der Waals surface area contributed by atoms with Crippen molar-refractivity contribution in [3.05, 3.63) is 41.4 Å². The van der Waals surface area contributed by atoms with Crippen LogP contribution in [-0.2, 0) is 10.8 Å². The zero-order valence-electron chi connectivity index (χ0n) is 19.8. The summed E-state index contributed by atoms with van der Waals surface area (Å²) in [6.45, 7) is 4.35. The number of alkyl halides is 3. The molecular weight excluding hydrogens is 523 g/mol. The van der Waals surface area contributed by atoms with Gasteiger partial charge in [-0.15, -0.1) is 5.10 Å². The number of nitrogens with one attached hydrogen (secondary N) is 1. The van der Waals surface area contributed by atoms with Crippen LogP contribution in [0.4, 0.5) is 13.2 Å². The number of halogens is 4. The average Bonchev–Trinajstić information content (AvgIpc) is 3.26. The van der Waals surface area contributed by atoms with E-state index in [4.69, 9.17) is 21.1 Å². The quantitative estimate of drug-likeness (QED) is 0.481. The smallest absolute Gasteiger partial charge is 0.422 e. The first-order valence-electron chi connectivity index (χ1n) is 11.1. The number of carbonyl (C=O) groups excluding carboxylic acids is 1. The highest BCUT2D eigenvalue weighted by Crippen LogP contribution is 2.33. The SMILES string of the molecule is CC.CC1(NC(=O)c2nc3ccc(Oc4ncc(Cl)cc4OCC(F)(F)F)cn3n2)CCS(=O)CC1. The van der Waals surface area contributed by atoms with E-state index in [2.05, 4.69) is 20.4 Å². The molecule has 4 heterocycles. The normalized spacial score (nSPS) is 19.8. The Morgan fingerprint density at radius 2 is 1.97 bits per heavy atom. The van der Waals surface area contributed by atoms with Crippen molar-refractivity contribution in [2.75, 3.05) is 18.1 Å². The highest BCUT2D eigenvalue weighted by atomic mass is 35.5. The van der Waals surface area contributed by atoms with Gasteiger partial charge in [0.1, 0.15) is 5.75 Å². The van der Waals surface area contributed by atoms with E-state index in [1.807, 2.05) is 20.8 Å². The number of fused-ring (bicyclic) bond motifs is 1. The van der Waals surface area contributed by atoms with Crippen molar-refractivity contribution in [2.45, 2.75) is 45.3 Å². The van der Waals surface area contributed by atoms with Crippen LogP contribution in [-0.4, -0.2) is 59.5 Å². The molecular formula is C22H25ClF3N5O4S. The Balaban J connectivity index is 0.00000176. The number of pyridine rings is 2. The molecule has 0 aromatic carbocycles. The zero-order valence-corrected chi connectivity index (χ0v) is 21.3. The van der Waals surface area contributed by atoms with Crippen molar-refractivity contribution in [1.29, 1.82) is 0 Å². The third-order valence-electron chi connectivity index (χ3n) is 5.08. The molecule has 0 unspecified atom stereocenters. The predicted octanol–water partition coefficient (Wildman–Crippen LogP) is 4.57. The molecule has 0 spiro atoms. The number of hydrogen-bond donors (Lipinski definition) is 1. The Labute approximate surface area is 212 Å².